The zero-order valence-electron chi connectivity index (χ0n) is 28.3. The molecule has 5 aromatic carbocycles. The van der Waals surface area contributed by atoms with Gasteiger partial charge in [0.1, 0.15) is 18.1 Å². The van der Waals surface area contributed by atoms with Gasteiger partial charge in [0.05, 0.1) is 12.1 Å². The van der Waals surface area contributed by atoms with Crippen molar-refractivity contribution in [2.75, 3.05) is 13.2 Å². The number of rotatable bonds is 12. The highest BCUT2D eigenvalue weighted by Crippen LogP contribution is 2.38. The predicted octanol–water partition coefficient (Wildman–Crippen LogP) is 8.64. The van der Waals surface area contributed by atoms with Gasteiger partial charge in [-0.25, -0.2) is 13.6 Å². The maximum atomic E-state index is 14.2. The zero-order chi connectivity index (χ0) is 37.2. The Morgan fingerprint density at radius 2 is 1.44 bits per heavy atom. The lowest BCUT2D eigenvalue weighted by Crippen LogP contribution is -2.34. The van der Waals surface area contributed by atoms with Gasteiger partial charge in [0.2, 0.25) is 0 Å². The standard InChI is InChI=1S/C40H32F4N2O6/c1-23-10-4-5-11-27(23)38(49)33-21-32-31-20-26(16-17-34(31)46(18-19-50-24(2)47)37(32)29-13-7-6-12-28(29)33)36(45-52-25(3)48)30-14-8-9-15-35(30)51-22-40(43,44)39(41)42/h4-17,20-21,39H,18-19,22H2,1-3H3/b45-36-. The summed E-state index contributed by atoms with van der Waals surface area (Å²) in [5.41, 5.74) is 3.69. The summed E-state index contributed by atoms with van der Waals surface area (Å²) >= 11 is 0. The van der Waals surface area contributed by atoms with Crippen LogP contribution in [0.2, 0.25) is 0 Å². The van der Waals surface area contributed by atoms with Crippen LogP contribution >= 0.6 is 0 Å². The number of fused-ring (bicyclic) bond motifs is 5. The third-order valence-corrected chi connectivity index (χ3v) is 8.54. The van der Waals surface area contributed by atoms with Gasteiger partial charge in [-0.15, -0.1) is 0 Å². The smallest absolute Gasteiger partial charge is 0.340 e. The van der Waals surface area contributed by atoms with Gasteiger partial charge in [-0.3, -0.25) is 9.59 Å². The Morgan fingerprint density at radius 1 is 0.769 bits per heavy atom. The maximum Gasteiger partial charge on any atom is 0.340 e. The summed E-state index contributed by atoms with van der Waals surface area (Å²) < 4.78 is 66.3. The molecule has 52 heavy (non-hydrogen) atoms. The number of halogens is 4. The van der Waals surface area contributed by atoms with E-state index in [-0.39, 0.29) is 36.0 Å². The van der Waals surface area contributed by atoms with Crippen LogP contribution in [0, 0.1) is 6.92 Å². The molecule has 1 heterocycles. The lowest BCUT2D eigenvalue weighted by molar-refractivity contribution is -0.148. The number of benzene rings is 5. The fourth-order valence-electron chi connectivity index (χ4n) is 6.18. The number of oxime groups is 1. The van der Waals surface area contributed by atoms with E-state index in [1.165, 1.54) is 25.1 Å². The van der Waals surface area contributed by atoms with Gasteiger partial charge < -0.3 is 18.9 Å². The number of ketones is 1. The molecule has 0 bridgehead atoms. The number of ether oxygens (including phenoxy) is 2. The molecule has 6 rings (SSSR count). The predicted molar refractivity (Wildman–Crippen MR) is 188 cm³/mol. The Balaban J connectivity index is 1.60. The third-order valence-electron chi connectivity index (χ3n) is 8.54. The largest absolute Gasteiger partial charge is 0.486 e. The molecular formula is C40H32F4N2O6. The monoisotopic (exact) mass is 712 g/mol. The van der Waals surface area contributed by atoms with Crippen molar-refractivity contribution in [1.82, 2.24) is 4.57 Å². The van der Waals surface area contributed by atoms with Crippen LogP contribution in [0.1, 0.15) is 46.5 Å². The quantitative estimate of drug-likeness (QED) is 0.0315. The van der Waals surface area contributed by atoms with Crippen molar-refractivity contribution >= 4 is 56.0 Å². The summed E-state index contributed by atoms with van der Waals surface area (Å²) in [7, 11) is 0. The Morgan fingerprint density at radius 3 is 2.13 bits per heavy atom. The van der Waals surface area contributed by atoms with Gasteiger partial charge in [-0.1, -0.05) is 71.9 Å². The Kier molecular flexibility index (Phi) is 10.1. The first-order valence-electron chi connectivity index (χ1n) is 16.2. The van der Waals surface area contributed by atoms with Gasteiger partial charge in [0.15, 0.2) is 12.4 Å². The third kappa shape index (κ3) is 7.09. The summed E-state index contributed by atoms with van der Waals surface area (Å²) in [6.45, 7) is 3.02. The molecule has 0 aliphatic rings. The second kappa shape index (κ2) is 14.7. The number of hydrogen-bond donors (Lipinski definition) is 0. The molecule has 0 saturated heterocycles. The molecule has 0 aliphatic heterocycles. The van der Waals surface area contributed by atoms with Crippen LogP contribution in [0.15, 0.2) is 102 Å². The molecule has 0 radical (unpaired) electrons. The van der Waals surface area contributed by atoms with E-state index in [4.69, 9.17) is 14.3 Å². The van der Waals surface area contributed by atoms with Crippen LogP contribution in [-0.4, -0.2) is 53.6 Å². The fourth-order valence-corrected chi connectivity index (χ4v) is 6.18. The van der Waals surface area contributed by atoms with E-state index in [0.29, 0.717) is 38.4 Å². The number of hydrogen-bond acceptors (Lipinski definition) is 7. The molecule has 0 atom stereocenters. The summed E-state index contributed by atoms with van der Waals surface area (Å²) in [6, 6.07) is 27.6. The van der Waals surface area contributed by atoms with Crippen molar-refractivity contribution in [2.45, 2.75) is 39.7 Å². The number of aryl methyl sites for hydroxylation is 1. The molecule has 12 heteroatoms. The molecule has 0 aliphatic carbocycles. The van der Waals surface area contributed by atoms with E-state index < -0.39 is 30.9 Å². The number of carbonyl (C=O) groups excluding carboxylic acids is 3. The van der Waals surface area contributed by atoms with Gasteiger partial charge in [-0.2, -0.15) is 8.78 Å². The van der Waals surface area contributed by atoms with Crippen LogP contribution < -0.4 is 4.74 Å². The summed E-state index contributed by atoms with van der Waals surface area (Å²) in [5, 5.41) is 6.83. The Bertz CT molecular complexity index is 2380. The van der Waals surface area contributed by atoms with Gasteiger partial charge in [0.25, 0.3) is 0 Å². The molecule has 6 aromatic rings. The molecule has 266 valence electrons. The minimum absolute atomic E-state index is 0.00845. The maximum absolute atomic E-state index is 14.2. The lowest BCUT2D eigenvalue weighted by atomic mass is 9.92. The highest BCUT2D eigenvalue weighted by Gasteiger charge is 2.42. The van der Waals surface area contributed by atoms with E-state index in [9.17, 15) is 31.9 Å². The molecule has 0 amide bonds. The second-order valence-electron chi connectivity index (χ2n) is 12.1. The SMILES string of the molecule is CC(=O)OCCn1c2ccc(/C(=N/OC(C)=O)c3ccccc3OCC(F)(F)C(F)F)cc2c2cc(C(=O)c3ccccc3C)c3ccccc3c21. The minimum Gasteiger partial charge on any atom is -0.486 e. The highest BCUT2D eigenvalue weighted by atomic mass is 19.3. The molecule has 0 spiro atoms. The zero-order valence-corrected chi connectivity index (χ0v) is 28.3. The van der Waals surface area contributed by atoms with E-state index >= 15 is 0 Å². The number of esters is 1. The van der Waals surface area contributed by atoms with Crippen LogP contribution in [0.3, 0.4) is 0 Å². The number of alkyl halides is 4. The topological polar surface area (TPSA) is 96.2 Å². The molecule has 0 fully saturated rings. The van der Waals surface area contributed by atoms with Gasteiger partial charge >= 0.3 is 24.3 Å². The van der Waals surface area contributed by atoms with Crippen LogP contribution in [0.25, 0.3) is 32.6 Å². The number of nitrogens with zero attached hydrogens (tertiary/aromatic N) is 2. The van der Waals surface area contributed by atoms with Crippen molar-refractivity contribution in [3.63, 3.8) is 0 Å². The molecule has 0 N–H and O–H groups in total. The van der Waals surface area contributed by atoms with Crippen LogP contribution in [-0.2, 0) is 25.7 Å². The fraction of sp³-hybridized carbons (Fsp3) is 0.200. The molecule has 8 nitrogen and oxygen atoms in total. The van der Waals surface area contributed by atoms with Gasteiger partial charge in [0, 0.05) is 57.8 Å². The number of carbonyl (C=O) groups is 3. The summed E-state index contributed by atoms with van der Waals surface area (Å²) in [5.74, 6) is -6.03. The molecule has 1 aromatic heterocycles. The summed E-state index contributed by atoms with van der Waals surface area (Å²) in [4.78, 5) is 42.8. The first kappa shape index (κ1) is 35.8. The number of aromatic nitrogens is 1. The highest BCUT2D eigenvalue weighted by molar-refractivity contribution is 6.27. The average molecular weight is 713 g/mol. The number of para-hydroxylation sites is 1. The second-order valence-corrected chi connectivity index (χ2v) is 12.1. The molecule has 0 unspecified atom stereocenters. The molecule has 0 saturated carbocycles. The van der Waals surface area contributed by atoms with Crippen molar-refractivity contribution in [2.24, 2.45) is 5.16 Å². The van der Waals surface area contributed by atoms with Gasteiger partial charge in [-0.05, 0) is 48.2 Å². The van der Waals surface area contributed by atoms with Crippen LogP contribution in [0.5, 0.6) is 5.75 Å². The van der Waals surface area contributed by atoms with E-state index in [2.05, 4.69) is 5.16 Å². The van der Waals surface area contributed by atoms with Crippen molar-refractivity contribution < 1.29 is 46.3 Å². The van der Waals surface area contributed by atoms with Crippen LogP contribution in [0.4, 0.5) is 17.6 Å². The van der Waals surface area contributed by atoms with E-state index in [1.807, 2.05) is 54.0 Å². The van der Waals surface area contributed by atoms with Crippen molar-refractivity contribution in [1.29, 1.82) is 0 Å². The Labute approximate surface area is 295 Å². The lowest BCUT2D eigenvalue weighted by Gasteiger charge is -2.18. The average Bonchev–Trinajstić information content (AvgIpc) is 3.43. The first-order valence-corrected chi connectivity index (χ1v) is 16.2. The summed E-state index contributed by atoms with van der Waals surface area (Å²) in [6.07, 6.45) is -3.95. The molecular weight excluding hydrogens is 680 g/mol. The Hall–Kier alpha value is -6.04. The van der Waals surface area contributed by atoms with E-state index in [1.54, 1.807) is 36.4 Å². The minimum atomic E-state index is -4.43. The normalized spacial score (nSPS) is 12.1. The first-order chi connectivity index (χ1) is 24.9. The van der Waals surface area contributed by atoms with Crippen molar-refractivity contribution in [3.8, 4) is 5.75 Å². The van der Waals surface area contributed by atoms with Crippen molar-refractivity contribution in [3.05, 3.63) is 125 Å². The van der Waals surface area contributed by atoms with E-state index in [0.717, 1.165) is 23.4 Å².